The van der Waals surface area contributed by atoms with Gasteiger partial charge < -0.3 is 10.5 Å². The zero-order valence-electron chi connectivity index (χ0n) is 5.33. The molecule has 0 saturated heterocycles. The predicted octanol–water partition coefficient (Wildman–Crippen LogP) is -0.356. The van der Waals surface area contributed by atoms with Crippen molar-refractivity contribution in [2.24, 2.45) is 10.7 Å². The summed E-state index contributed by atoms with van der Waals surface area (Å²) in [7, 11) is 0. The summed E-state index contributed by atoms with van der Waals surface area (Å²) in [6.45, 7) is 2.54. The molecule has 9 heavy (non-hydrogen) atoms. The van der Waals surface area contributed by atoms with Crippen LogP contribution in [0.15, 0.2) is 4.99 Å². The normalized spacial score (nSPS) is 12.2. The molecule has 0 aliphatic rings. The van der Waals surface area contributed by atoms with Gasteiger partial charge in [-0.25, -0.2) is 4.79 Å². The fraction of sp³-hybridized carbons (Fsp3) is 0.800. The number of nitrogens with two attached hydrogens (primary N) is 1. The Morgan fingerprint density at radius 2 is 2.56 bits per heavy atom. The van der Waals surface area contributed by atoms with Gasteiger partial charge in [0.1, 0.15) is 0 Å². The lowest BCUT2D eigenvalue weighted by Gasteiger charge is -2.05. The molecule has 0 spiro atoms. The van der Waals surface area contributed by atoms with E-state index in [4.69, 9.17) is 10.5 Å². The lowest BCUT2D eigenvalue weighted by molar-refractivity contribution is 0.0757. The summed E-state index contributed by atoms with van der Waals surface area (Å²) in [5, 5.41) is 0. The van der Waals surface area contributed by atoms with Crippen molar-refractivity contribution in [3.8, 4) is 0 Å². The average Bonchev–Trinajstić information content (AvgIpc) is 1.88. The van der Waals surface area contributed by atoms with Crippen LogP contribution in [0.4, 0.5) is 0 Å². The van der Waals surface area contributed by atoms with Crippen molar-refractivity contribution >= 4 is 6.08 Å². The maximum atomic E-state index is 9.62. The van der Waals surface area contributed by atoms with Crippen LogP contribution in [0.3, 0.4) is 0 Å². The molecule has 0 radical (unpaired) electrons. The molecule has 52 valence electrons. The lowest BCUT2D eigenvalue weighted by Crippen LogP contribution is -2.21. The maximum Gasteiger partial charge on any atom is 0.237 e. The van der Waals surface area contributed by atoms with Crippen LogP contribution >= 0.6 is 0 Å². The quantitative estimate of drug-likeness (QED) is 0.417. The minimum absolute atomic E-state index is 0.225. The van der Waals surface area contributed by atoms with Gasteiger partial charge in [0, 0.05) is 13.2 Å². The minimum Gasteiger partial charge on any atom is -0.355 e. The van der Waals surface area contributed by atoms with Crippen LogP contribution in [0.25, 0.3) is 0 Å². The van der Waals surface area contributed by atoms with Crippen molar-refractivity contribution in [3.63, 3.8) is 0 Å². The molecule has 4 nitrogen and oxygen atoms in total. The van der Waals surface area contributed by atoms with Crippen LogP contribution in [0, 0.1) is 0 Å². The van der Waals surface area contributed by atoms with Gasteiger partial charge in [-0.15, -0.1) is 0 Å². The third kappa shape index (κ3) is 3.85. The highest BCUT2D eigenvalue weighted by molar-refractivity contribution is 5.33. The van der Waals surface area contributed by atoms with Gasteiger partial charge in [-0.05, 0) is 6.92 Å². The number of hydrogen-bond acceptors (Lipinski definition) is 4. The van der Waals surface area contributed by atoms with E-state index in [1.54, 1.807) is 0 Å². The van der Waals surface area contributed by atoms with Crippen LogP contribution in [0.2, 0.25) is 0 Å². The van der Waals surface area contributed by atoms with Gasteiger partial charge >= 0.3 is 0 Å². The molecule has 2 N–H and O–H groups in total. The molecule has 0 aromatic carbocycles. The van der Waals surface area contributed by atoms with E-state index in [-0.39, 0.29) is 6.54 Å². The van der Waals surface area contributed by atoms with Crippen LogP contribution in [-0.4, -0.2) is 25.5 Å². The molecule has 0 aliphatic carbocycles. The second-order valence-electron chi connectivity index (χ2n) is 1.37. The molecule has 0 bridgehead atoms. The maximum absolute atomic E-state index is 9.62. The summed E-state index contributed by atoms with van der Waals surface area (Å²) < 4.78 is 4.88. The summed E-state index contributed by atoms with van der Waals surface area (Å²) in [5.74, 6) is 0. The lowest BCUT2D eigenvalue weighted by atomic mass is 10.6. The zero-order chi connectivity index (χ0) is 7.11. The van der Waals surface area contributed by atoms with Gasteiger partial charge in [-0.2, -0.15) is 4.99 Å². The highest BCUT2D eigenvalue weighted by atomic mass is 16.5. The highest BCUT2D eigenvalue weighted by Gasteiger charge is 1.99. The van der Waals surface area contributed by atoms with Gasteiger partial charge in [0.25, 0.3) is 0 Å². The number of isocyanates is 1. The summed E-state index contributed by atoms with van der Waals surface area (Å²) in [6.07, 6.45) is 0.867. The van der Waals surface area contributed by atoms with Gasteiger partial charge in [0.2, 0.25) is 6.08 Å². The second kappa shape index (κ2) is 5.44. The first-order chi connectivity index (χ1) is 4.35. The second-order valence-corrected chi connectivity index (χ2v) is 1.37. The van der Waals surface area contributed by atoms with Gasteiger partial charge in [0.05, 0.1) is 0 Å². The van der Waals surface area contributed by atoms with Crippen molar-refractivity contribution < 1.29 is 9.53 Å². The molecule has 0 amide bonds. The topological polar surface area (TPSA) is 64.7 Å². The van der Waals surface area contributed by atoms with Crippen molar-refractivity contribution in [3.05, 3.63) is 0 Å². The first-order valence-electron chi connectivity index (χ1n) is 2.73. The first kappa shape index (κ1) is 8.30. The summed E-state index contributed by atoms with van der Waals surface area (Å²) >= 11 is 0. The van der Waals surface area contributed by atoms with Crippen molar-refractivity contribution in [2.45, 2.75) is 13.2 Å². The molecule has 4 heteroatoms. The Kier molecular flexibility index (Phi) is 5.01. The number of aliphatic imine (C=N–C) groups is 1. The largest absolute Gasteiger partial charge is 0.355 e. The molecule has 0 aromatic heterocycles. The molecular weight excluding hydrogens is 120 g/mol. The Bertz CT molecular complexity index is 110. The Hall–Kier alpha value is -0.700. The average molecular weight is 130 g/mol. The van der Waals surface area contributed by atoms with E-state index >= 15 is 0 Å². The predicted molar refractivity (Wildman–Crippen MR) is 32.6 cm³/mol. The van der Waals surface area contributed by atoms with Crippen LogP contribution in [0.1, 0.15) is 6.92 Å². The van der Waals surface area contributed by atoms with Gasteiger partial charge in [-0.3, -0.25) is 0 Å². The number of rotatable bonds is 4. The molecule has 1 atom stereocenters. The Morgan fingerprint density at radius 1 is 1.89 bits per heavy atom. The van der Waals surface area contributed by atoms with Crippen molar-refractivity contribution in [1.29, 1.82) is 0 Å². The van der Waals surface area contributed by atoms with Crippen LogP contribution in [-0.2, 0) is 9.53 Å². The van der Waals surface area contributed by atoms with E-state index in [1.807, 2.05) is 6.92 Å². The molecule has 0 aromatic rings. The molecule has 0 rings (SSSR count). The number of hydrogen-bond donors (Lipinski definition) is 1. The van der Waals surface area contributed by atoms with E-state index in [9.17, 15) is 4.79 Å². The number of nitrogens with zero attached hydrogens (tertiary/aromatic N) is 1. The van der Waals surface area contributed by atoms with E-state index in [2.05, 4.69) is 4.99 Å². The molecule has 0 heterocycles. The SMILES string of the molecule is CCOC(CN)N=C=O. The van der Waals surface area contributed by atoms with Gasteiger partial charge in [0.15, 0.2) is 6.23 Å². The fourth-order valence-corrected chi connectivity index (χ4v) is 0.409. The smallest absolute Gasteiger partial charge is 0.237 e. The number of carbonyl (C=O) groups excluding carboxylic acids is 1. The third-order valence-corrected chi connectivity index (χ3v) is 0.757. The zero-order valence-corrected chi connectivity index (χ0v) is 5.33. The molecule has 1 unspecified atom stereocenters. The minimum atomic E-state index is -0.507. The van der Waals surface area contributed by atoms with Crippen LogP contribution in [0.5, 0.6) is 0 Å². The Labute approximate surface area is 53.7 Å². The summed E-state index contributed by atoms with van der Waals surface area (Å²) in [4.78, 5) is 12.9. The molecule has 0 saturated carbocycles. The summed E-state index contributed by atoms with van der Waals surface area (Å²) in [5.41, 5.74) is 5.15. The van der Waals surface area contributed by atoms with E-state index in [1.165, 1.54) is 6.08 Å². The molecule has 0 fully saturated rings. The van der Waals surface area contributed by atoms with Crippen molar-refractivity contribution in [1.82, 2.24) is 0 Å². The standard InChI is InChI=1S/C5H10N2O2/c1-2-9-5(3-6)7-4-8/h5H,2-3,6H2,1H3. The molecular formula is C5H10N2O2. The summed E-state index contributed by atoms with van der Waals surface area (Å²) in [6, 6.07) is 0. The fourth-order valence-electron chi connectivity index (χ4n) is 0.409. The third-order valence-electron chi connectivity index (χ3n) is 0.757. The van der Waals surface area contributed by atoms with Gasteiger partial charge in [-0.1, -0.05) is 0 Å². The van der Waals surface area contributed by atoms with Crippen LogP contribution < -0.4 is 5.73 Å². The van der Waals surface area contributed by atoms with E-state index in [0.717, 1.165) is 0 Å². The Balaban J connectivity index is 3.53. The number of ether oxygens (including phenoxy) is 1. The van der Waals surface area contributed by atoms with Crippen molar-refractivity contribution in [2.75, 3.05) is 13.2 Å². The van der Waals surface area contributed by atoms with E-state index < -0.39 is 6.23 Å². The van der Waals surface area contributed by atoms with E-state index in [0.29, 0.717) is 6.61 Å². The first-order valence-corrected chi connectivity index (χ1v) is 2.73. The molecule has 0 aliphatic heterocycles. The Morgan fingerprint density at radius 3 is 2.89 bits per heavy atom. The highest BCUT2D eigenvalue weighted by Crippen LogP contribution is 1.87. The monoisotopic (exact) mass is 130 g/mol.